The predicted molar refractivity (Wildman–Crippen MR) is 59.8 cm³/mol. The van der Waals surface area contributed by atoms with Gasteiger partial charge in [0.15, 0.2) is 0 Å². The SMILES string of the molecule is CCC(=O)N(C)c1ccc2nc[nH]c2c1. The fourth-order valence-corrected chi connectivity index (χ4v) is 1.51. The zero-order chi connectivity index (χ0) is 10.8. The number of fused-ring (bicyclic) bond motifs is 1. The van der Waals surface area contributed by atoms with Crippen LogP contribution in [0.5, 0.6) is 0 Å². The van der Waals surface area contributed by atoms with E-state index < -0.39 is 0 Å². The quantitative estimate of drug-likeness (QED) is 0.810. The van der Waals surface area contributed by atoms with Crippen molar-refractivity contribution in [2.24, 2.45) is 0 Å². The van der Waals surface area contributed by atoms with Crippen LogP contribution in [0.4, 0.5) is 5.69 Å². The number of nitrogens with one attached hydrogen (secondary N) is 1. The molecule has 78 valence electrons. The van der Waals surface area contributed by atoms with Crippen LogP contribution < -0.4 is 4.90 Å². The van der Waals surface area contributed by atoms with E-state index in [1.54, 1.807) is 18.3 Å². The highest BCUT2D eigenvalue weighted by molar-refractivity contribution is 5.94. The van der Waals surface area contributed by atoms with Gasteiger partial charge in [0.25, 0.3) is 0 Å². The van der Waals surface area contributed by atoms with Crippen LogP contribution in [-0.2, 0) is 4.79 Å². The van der Waals surface area contributed by atoms with Gasteiger partial charge in [-0.2, -0.15) is 0 Å². The number of imidazole rings is 1. The number of nitrogens with zero attached hydrogens (tertiary/aromatic N) is 2. The third-order valence-electron chi connectivity index (χ3n) is 2.47. The van der Waals surface area contributed by atoms with Gasteiger partial charge in [-0.15, -0.1) is 0 Å². The lowest BCUT2D eigenvalue weighted by atomic mass is 10.2. The molecule has 1 amide bonds. The summed E-state index contributed by atoms with van der Waals surface area (Å²) in [6.07, 6.45) is 2.16. The van der Waals surface area contributed by atoms with Gasteiger partial charge in [-0.3, -0.25) is 4.79 Å². The van der Waals surface area contributed by atoms with Crippen molar-refractivity contribution in [1.29, 1.82) is 0 Å². The van der Waals surface area contributed by atoms with E-state index in [1.807, 2.05) is 25.1 Å². The summed E-state index contributed by atoms with van der Waals surface area (Å²) < 4.78 is 0. The lowest BCUT2D eigenvalue weighted by molar-refractivity contribution is -0.118. The average Bonchev–Trinajstić information content (AvgIpc) is 2.73. The molecule has 1 aromatic carbocycles. The molecule has 0 spiro atoms. The van der Waals surface area contributed by atoms with Crippen LogP contribution in [0.1, 0.15) is 13.3 Å². The molecule has 0 bridgehead atoms. The molecule has 0 aliphatic carbocycles. The first-order chi connectivity index (χ1) is 7.22. The van der Waals surface area contributed by atoms with Gasteiger partial charge in [0.1, 0.15) is 0 Å². The molecule has 0 fully saturated rings. The molecule has 2 aromatic rings. The van der Waals surface area contributed by atoms with E-state index in [9.17, 15) is 4.79 Å². The number of aromatic nitrogens is 2. The summed E-state index contributed by atoms with van der Waals surface area (Å²) in [6.45, 7) is 1.85. The molecule has 4 heteroatoms. The number of anilines is 1. The molecule has 1 N–H and O–H groups in total. The van der Waals surface area contributed by atoms with E-state index in [0.717, 1.165) is 16.7 Å². The highest BCUT2D eigenvalue weighted by Crippen LogP contribution is 2.19. The molecule has 0 saturated heterocycles. The standard InChI is InChI=1S/C11H13N3O/c1-3-11(15)14(2)8-4-5-9-10(6-8)13-7-12-9/h4-7H,3H2,1-2H3,(H,12,13). The van der Waals surface area contributed by atoms with E-state index in [4.69, 9.17) is 0 Å². The maximum atomic E-state index is 11.5. The normalized spacial score (nSPS) is 10.5. The van der Waals surface area contributed by atoms with E-state index in [-0.39, 0.29) is 5.91 Å². The molecule has 0 radical (unpaired) electrons. The molecule has 15 heavy (non-hydrogen) atoms. The molecular weight excluding hydrogens is 190 g/mol. The first-order valence-corrected chi connectivity index (χ1v) is 4.92. The van der Waals surface area contributed by atoms with Gasteiger partial charge < -0.3 is 9.88 Å². The summed E-state index contributed by atoms with van der Waals surface area (Å²) in [4.78, 5) is 20.3. The van der Waals surface area contributed by atoms with E-state index in [1.165, 1.54) is 0 Å². The Kier molecular flexibility index (Phi) is 2.41. The molecule has 0 unspecified atom stereocenters. The lowest BCUT2D eigenvalue weighted by Crippen LogP contribution is -2.24. The molecule has 2 rings (SSSR count). The maximum absolute atomic E-state index is 11.5. The Morgan fingerprint density at radius 2 is 2.33 bits per heavy atom. The molecule has 4 nitrogen and oxygen atoms in total. The highest BCUT2D eigenvalue weighted by Gasteiger charge is 2.09. The number of H-pyrrole nitrogens is 1. The van der Waals surface area contributed by atoms with Crippen LogP contribution >= 0.6 is 0 Å². The Bertz CT molecular complexity index is 489. The molecule has 1 heterocycles. The zero-order valence-corrected chi connectivity index (χ0v) is 8.82. The molecule has 0 atom stereocenters. The van der Waals surface area contributed by atoms with Crippen molar-refractivity contribution < 1.29 is 4.79 Å². The second-order valence-electron chi connectivity index (χ2n) is 3.41. The van der Waals surface area contributed by atoms with Gasteiger partial charge in [0.2, 0.25) is 5.91 Å². The Balaban J connectivity index is 2.39. The van der Waals surface area contributed by atoms with Crippen LogP contribution in [0.25, 0.3) is 11.0 Å². The van der Waals surface area contributed by atoms with Crippen molar-refractivity contribution >= 4 is 22.6 Å². The Labute approximate surface area is 87.9 Å². The van der Waals surface area contributed by atoms with Crippen molar-refractivity contribution in [3.05, 3.63) is 24.5 Å². The van der Waals surface area contributed by atoms with Gasteiger partial charge in [0.05, 0.1) is 17.4 Å². The number of rotatable bonds is 2. The van der Waals surface area contributed by atoms with Gasteiger partial charge >= 0.3 is 0 Å². The van der Waals surface area contributed by atoms with Crippen LogP contribution in [-0.4, -0.2) is 22.9 Å². The van der Waals surface area contributed by atoms with Crippen molar-refractivity contribution in [3.63, 3.8) is 0 Å². The lowest BCUT2D eigenvalue weighted by Gasteiger charge is -2.16. The van der Waals surface area contributed by atoms with Gasteiger partial charge in [-0.1, -0.05) is 6.92 Å². The number of benzene rings is 1. The summed E-state index contributed by atoms with van der Waals surface area (Å²) >= 11 is 0. The average molecular weight is 203 g/mol. The molecular formula is C11H13N3O. The van der Waals surface area contributed by atoms with Crippen molar-refractivity contribution in [2.75, 3.05) is 11.9 Å². The molecule has 0 aliphatic rings. The van der Waals surface area contributed by atoms with Crippen molar-refractivity contribution in [3.8, 4) is 0 Å². The van der Waals surface area contributed by atoms with E-state index in [0.29, 0.717) is 6.42 Å². The topological polar surface area (TPSA) is 49.0 Å². The smallest absolute Gasteiger partial charge is 0.226 e. The fraction of sp³-hybridized carbons (Fsp3) is 0.273. The number of carbonyl (C=O) groups excluding carboxylic acids is 1. The first-order valence-electron chi connectivity index (χ1n) is 4.92. The number of carbonyl (C=O) groups is 1. The minimum atomic E-state index is 0.105. The number of hydrogen-bond donors (Lipinski definition) is 1. The first kappa shape index (κ1) is 9.71. The van der Waals surface area contributed by atoms with Crippen molar-refractivity contribution in [2.45, 2.75) is 13.3 Å². The minimum absolute atomic E-state index is 0.105. The summed E-state index contributed by atoms with van der Waals surface area (Å²) in [5.74, 6) is 0.105. The van der Waals surface area contributed by atoms with Gasteiger partial charge in [-0.05, 0) is 18.2 Å². The van der Waals surface area contributed by atoms with Gasteiger partial charge in [0, 0.05) is 19.2 Å². The third-order valence-corrected chi connectivity index (χ3v) is 2.47. The van der Waals surface area contributed by atoms with Crippen LogP contribution in [0, 0.1) is 0 Å². The Hall–Kier alpha value is -1.84. The Morgan fingerprint density at radius 1 is 1.53 bits per heavy atom. The molecule has 1 aromatic heterocycles. The summed E-state index contributed by atoms with van der Waals surface area (Å²) in [5.41, 5.74) is 2.75. The van der Waals surface area contributed by atoms with Crippen LogP contribution in [0.3, 0.4) is 0 Å². The number of hydrogen-bond acceptors (Lipinski definition) is 2. The van der Waals surface area contributed by atoms with Crippen molar-refractivity contribution in [1.82, 2.24) is 9.97 Å². The highest BCUT2D eigenvalue weighted by atomic mass is 16.2. The monoisotopic (exact) mass is 203 g/mol. The minimum Gasteiger partial charge on any atom is -0.345 e. The van der Waals surface area contributed by atoms with Crippen LogP contribution in [0.2, 0.25) is 0 Å². The second-order valence-corrected chi connectivity index (χ2v) is 3.41. The largest absolute Gasteiger partial charge is 0.345 e. The number of amides is 1. The molecule has 0 saturated carbocycles. The Morgan fingerprint density at radius 3 is 3.07 bits per heavy atom. The summed E-state index contributed by atoms with van der Waals surface area (Å²) in [6, 6.07) is 5.73. The summed E-state index contributed by atoms with van der Waals surface area (Å²) in [7, 11) is 1.78. The van der Waals surface area contributed by atoms with E-state index in [2.05, 4.69) is 9.97 Å². The van der Waals surface area contributed by atoms with Crippen LogP contribution in [0.15, 0.2) is 24.5 Å². The molecule has 0 aliphatic heterocycles. The fourth-order valence-electron chi connectivity index (χ4n) is 1.51. The number of aromatic amines is 1. The third kappa shape index (κ3) is 1.70. The predicted octanol–water partition coefficient (Wildman–Crippen LogP) is 1.94. The maximum Gasteiger partial charge on any atom is 0.226 e. The summed E-state index contributed by atoms with van der Waals surface area (Å²) in [5, 5.41) is 0. The zero-order valence-electron chi connectivity index (χ0n) is 8.82. The second kappa shape index (κ2) is 3.73. The van der Waals surface area contributed by atoms with E-state index >= 15 is 0 Å². The van der Waals surface area contributed by atoms with Gasteiger partial charge in [-0.25, -0.2) is 4.98 Å².